The van der Waals surface area contributed by atoms with E-state index in [1.165, 1.54) is 13.5 Å². The maximum Gasteiger partial charge on any atom is 0.417 e. The maximum absolute atomic E-state index is 14.0. The van der Waals surface area contributed by atoms with Crippen molar-refractivity contribution in [2.24, 2.45) is 5.73 Å². The first kappa shape index (κ1) is 77.0. The molecular formula is C61H85BrClF3N8O16. The molecule has 3 unspecified atom stereocenters. The first-order valence-corrected chi connectivity index (χ1v) is 30.6. The number of anilines is 2. The number of nitrogens with zero attached hydrogens (tertiary/aromatic N) is 2. The molecule has 0 radical (unpaired) electrons. The van der Waals surface area contributed by atoms with Gasteiger partial charge in [-0.3, -0.25) is 29.3 Å². The fraction of sp³-hybridized carbons (Fsp3) is 0.557. The summed E-state index contributed by atoms with van der Waals surface area (Å²) in [4.78, 5) is 112. The van der Waals surface area contributed by atoms with Crippen LogP contribution in [0.3, 0.4) is 0 Å². The monoisotopic (exact) mass is 1360 g/mol. The highest BCUT2D eigenvalue weighted by Gasteiger charge is 2.55. The van der Waals surface area contributed by atoms with E-state index in [1.807, 2.05) is 32.1 Å². The van der Waals surface area contributed by atoms with Crippen molar-refractivity contribution in [1.82, 2.24) is 26.2 Å². The number of amides is 8. The Bertz CT molecular complexity index is 2950. The van der Waals surface area contributed by atoms with E-state index in [9.17, 15) is 61.4 Å². The molecule has 29 heteroatoms. The van der Waals surface area contributed by atoms with Gasteiger partial charge in [-0.25, -0.2) is 19.2 Å². The molecule has 5 rings (SSSR count). The summed E-state index contributed by atoms with van der Waals surface area (Å²) in [5.74, 6) is -4.99. The third kappa shape index (κ3) is 24.2. The third-order valence-electron chi connectivity index (χ3n) is 14.6. The molecule has 3 aliphatic rings. The summed E-state index contributed by atoms with van der Waals surface area (Å²) in [6.07, 6.45) is 2.26. The molecule has 24 nitrogen and oxygen atoms in total. The molecule has 3 heterocycles. The van der Waals surface area contributed by atoms with Gasteiger partial charge in [0.2, 0.25) is 23.6 Å². The smallest absolute Gasteiger partial charge is 0.417 e. The molecule has 9 N–H and O–H groups in total. The molecule has 8 amide bonds. The number of nitrogens with two attached hydrogens (primary N) is 1. The van der Waals surface area contributed by atoms with Crippen LogP contribution in [0.15, 0.2) is 66.3 Å². The minimum absolute atomic E-state index is 0.00606. The van der Waals surface area contributed by atoms with Crippen LogP contribution in [0.5, 0.6) is 5.75 Å². The third-order valence-corrected chi connectivity index (χ3v) is 15.6. The van der Waals surface area contributed by atoms with E-state index in [0.717, 1.165) is 37.2 Å². The standard InChI is InChI=1S/C31H42BrF3N6O9.C27H35ClN2O7.C3H8/c1-17(15-32)29(48)50-18(2)8-5-6-10-24(42)38-16-25(43)40-23(9-7-13-37-30(36)49)26(44)39-20-11-12-21(22(14-20)31(33,34)35)27(45)41(4)19(3)28(46)47;1-16-7-6-8-21(35-5)27(33)15-18(36-25(32)29-27)14-22-26(2,37-22)10-9-23(31)30(3)19-12-17(11-16)13-20(34-4)24(19)28;1-3-2/h11-12,14,18-19,23H,1,5-10,13,15-16H2,2-4H3,(H,38,42)(H,39,44)(H,40,43)(H,46,47)(H3,36,37,49);6-8,12-13,18,21-22,33H,9-11,14-15H2,1-5H3,(H,29,32);3H2,1-2H3/b;8-6+,16-7+;/t18?,19-,23?;18?,21-,22+,26+,27+;/m01./s1. The topological polar surface area (TPSA) is 336 Å². The molecule has 2 saturated heterocycles. The van der Waals surface area contributed by atoms with Gasteiger partial charge in [0.1, 0.15) is 35.1 Å². The van der Waals surface area contributed by atoms with E-state index in [-0.39, 0.29) is 67.3 Å². The minimum atomic E-state index is -5.07. The largest absolute Gasteiger partial charge is 0.495 e. The van der Waals surface area contributed by atoms with Gasteiger partial charge in [0.25, 0.3) is 5.91 Å². The van der Waals surface area contributed by atoms with E-state index in [4.69, 9.17) is 46.1 Å². The molecule has 8 atom stereocenters. The number of carbonyl (C=O) groups excluding carboxylic acids is 8. The number of esters is 1. The van der Waals surface area contributed by atoms with Gasteiger partial charge < -0.3 is 70.7 Å². The Hall–Kier alpha value is -7.27. The molecule has 500 valence electrons. The molecule has 0 saturated carbocycles. The number of hydrogen-bond donors (Lipinski definition) is 8. The Morgan fingerprint density at radius 2 is 1.71 bits per heavy atom. The molecule has 0 spiro atoms. The number of nitrogens with one attached hydrogen (secondary N) is 5. The zero-order chi connectivity index (χ0) is 67.8. The number of likely N-dealkylation sites (N-methyl/N-ethyl adjacent to an activating group) is 1. The number of unbranched alkanes of at least 4 members (excludes halogenated alkanes) is 1. The number of alkyl halides is 4. The number of fused-ring (bicyclic) bond motifs is 5. The van der Waals surface area contributed by atoms with Crippen LogP contribution in [0.25, 0.3) is 0 Å². The number of aliphatic carboxylic acids is 1. The van der Waals surface area contributed by atoms with Crippen molar-refractivity contribution in [2.75, 3.05) is 57.0 Å². The van der Waals surface area contributed by atoms with Crippen molar-refractivity contribution in [1.29, 1.82) is 0 Å². The average Bonchev–Trinajstić information content (AvgIpc) is 1.60. The number of alkyl carbamates (subject to hydrolysis) is 1. The van der Waals surface area contributed by atoms with Gasteiger partial charge in [-0.1, -0.05) is 78.2 Å². The van der Waals surface area contributed by atoms with Crippen LogP contribution >= 0.6 is 27.5 Å². The van der Waals surface area contributed by atoms with Crippen LogP contribution in [0.1, 0.15) is 134 Å². The number of carboxylic acids is 1. The second-order valence-electron chi connectivity index (χ2n) is 22.2. The predicted molar refractivity (Wildman–Crippen MR) is 333 cm³/mol. The number of benzene rings is 2. The molecule has 4 bridgehead atoms. The number of allylic oxidation sites excluding steroid dienone is 3. The normalized spacial score (nSPS) is 21.7. The molecule has 3 aliphatic heterocycles. The van der Waals surface area contributed by atoms with E-state index in [0.29, 0.717) is 66.0 Å². The van der Waals surface area contributed by atoms with Crippen LogP contribution in [0, 0.1) is 0 Å². The number of carbonyl (C=O) groups is 9. The molecule has 2 aromatic rings. The second kappa shape index (κ2) is 35.9. The fourth-order valence-corrected chi connectivity index (χ4v) is 9.83. The summed E-state index contributed by atoms with van der Waals surface area (Å²) < 4.78 is 69.5. The van der Waals surface area contributed by atoms with Gasteiger partial charge in [-0.05, 0) is 109 Å². The summed E-state index contributed by atoms with van der Waals surface area (Å²) in [7, 11) is 5.76. The summed E-state index contributed by atoms with van der Waals surface area (Å²) >= 11 is 9.70. The second-order valence-corrected chi connectivity index (χ2v) is 23.1. The number of rotatable bonds is 22. The SMILES string of the molecule is C=C(CBr)C(=O)OC(C)CCCCC(=O)NCC(=O)NC(CCCNC(N)=O)C(=O)Nc1ccc(C(=O)N(C)[C@@H](C)C(=O)O)c(C(F)(F)F)c1.CCC.COc1cc2cc(c1Cl)N(C)C(=O)CC[C@]1(C)O[C@H]1CC1C[C@@](O)(NC(=O)O1)[C@H](OC)/C=C/C=C(\C)C2. The Kier molecular flexibility index (Phi) is 30.7. The lowest BCUT2D eigenvalue weighted by molar-refractivity contribution is -0.144. The summed E-state index contributed by atoms with van der Waals surface area (Å²) in [5.41, 5.74) is 2.99. The van der Waals surface area contributed by atoms with Crippen molar-refractivity contribution in [3.63, 3.8) is 0 Å². The lowest BCUT2D eigenvalue weighted by Gasteiger charge is -2.40. The zero-order valence-electron chi connectivity index (χ0n) is 52.4. The zero-order valence-corrected chi connectivity index (χ0v) is 54.7. The van der Waals surface area contributed by atoms with Crippen molar-refractivity contribution >= 4 is 92.5 Å². The summed E-state index contributed by atoms with van der Waals surface area (Å²) in [5, 5.41) is 33.0. The molecule has 2 aromatic carbocycles. The van der Waals surface area contributed by atoms with Gasteiger partial charge in [-0.2, -0.15) is 13.2 Å². The number of carboxylic acid groups (broad SMARTS) is 1. The number of halogens is 5. The van der Waals surface area contributed by atoms with Gasteiger partial charge >= 0.3 is 30.2 Å². The highest BCUT2D eigenvalue weighted by atomic mass is 79.9. The van der Waals surface area contributed by atoms with Gasteiger partial charge in [-0.15, -0.1) is 0 Å². The Balaban J connectivity index is 0.000000466. The first-order chi connectivity index (χ1) is 42.2. The quantitative estimate of drug-likeness (QED) is 0.0182. The van der Waals surface area contributed by atoms with Crippen molar-refractivity contribution in [3.05, 3.63) is 88.0 Å². The maximum atomic E-state index is 14.0. The van der Waals surface area contributed by atoms with Crippen LogP contribution in [0.2, 0.25) is 5.02 Å². The van der Waals surface area contributed by atoms with E-state index in [2.05, 4.69) is 62.9 Å². The number of methoxy groups -OCH3 is 2. The van der Waals surface area contributed by atoms with E-state index >= 15 is 0 Å². The van der Waals surface area contributed by atoms with Crippen molar-refractivity contribution < 1.29 is 90.2 Å². The number of primary amides is 1. The van der Waals surface area contributed by atoms with Crippen LogP contribution in [-0.4, -0.2) is 163 Å². The lowest BCUT2D eigenvalue weighted by atomic mass is 9.91. The molecule has 0 aromatic heterocycles. The lowest BCUT2D eigenvalue weighted by Crippen LogP contribution is -2.62. The van der Waals surface area contributed by atoms with Gasteiger partial charge in [0, 0.05) is 70.0 Å². The number of ether oxygens (including phenoxy) is 5. The average molecular weight is 1360 g/mol. The molecule has 90 heavy (non-hydrogen) atoms. The van der Waals surface area contributed by atoms with Crippen LogP contribution in [0.4, 0.5) is 34.1 Å². The van der Waals surface area contributed by atoms with Crippen molar-refractivity contribution in [2.45, 2.75) is 173 Å². The Morgan fingerprint density at radius 1 is 1.03 bits per heavy atom. The highest BCUT2D eigenvalue weighted by molar-refractivity contribution is 9.09. The Labute approximate surface area is 535 Å². The van der Waals surface area contributed by atoms with Gasteiger partial charge in [0.15, 0.2) is 5.72 Å². The van der Waals surface area contributed by atoms with Crippen LogP contribution < -0.4 is 42.0 Å². The number of aliphatic hydroxyl groups is 1. The first-order valence-electron chi connectivity index (χ1n) is 29.1. The minimum Gasteiger partial charge on any atom is -0.495 e. The molecule has 0 aliphatic carbocycles. The molecule has 2 fully saturated rings. The van der Waals surface area contributed by atoms with E-state index < -0.39 is 113 Å². The Morgan fingerprint density at radius 3 is 2.32 bits per heavy atom. The highest BCUT2D eigenvalue weighted by Crippen LogP contribution is 2.45. The predicted octanol–water partition coefficient (Wildman–Crippen LogP) is 8.00. The molecular weight excluding hydrogens is 1270 g/mol. The van der Waals surface area contributed by atoms with Gasteiger partial charge in [0.05, 0.1) is 48.3 Å². The van der Waals surface area contributed by atoms with E-state index in [1.54, 1.807) is 38.1 Å². The summed E-state index contributed by atoms with van der Waals surface area (Å²) in [6, 6.07) is 2.45. The number of epoxide rings is 1. The van der Waals surface area contributed by atoms with Crippen molar-refractivity contribution in [3.8, 4) is 5.75 Å². The fourth-order valence-electron chi connectivity index (χ4n) is 9.29. The summed E-state index contributed by atoms with van der Waals surface area (Å²) in [6.45, 7) is 14.0. The number of hydrogen-bond acceptors (Lipinski definition) is 15. The van der Waals surface area contributed by atoms with Crippen LogP contribution in [-0.2, 0) is 60.3 Å². The number of urea groups is 1.